The van der Waals surface area contributed by atoms with Gasteiger partial charge < -0.3 is 10.4 Å². The molecule has 0 saturated carbocycles. The summed E-state index contributed by atoms with van der Waals surface area (Å²) < 4.78 is 0.485. The van der Waals surface area contributed by atoms with Gasteiger partial charge in [-0.05, 0) is 47.1 Å². The van der Waals surface area contributed by atoms with E-state index >= 15 is 0 Å². The van der Waals surface area contributed by atoms with Gasteiger partial charge in [-0.3, -0.25) is 0 Å². The van der Waals surface area contributed by atoms with Gasteiger partial charge in [-0.1, -0.05) is 0 Å². The van der Waals surface area contributed by atoms with Crippen LogP contribution in [0.2, 0.25) is 0 Å². The van der Waals surface area contributed by atoms with Gasteiger partial charge in [0.1, 0.15) is 11.8 Å². The first kappa shape index (κ1) is 14.0. The Labute approximate surface area is 123 Å². The number of rotatable bonds is 3. The minimum atomic E-state index is -1.04. The number of carbonyl (C=O) groups is 1. The minimum absolute atomic E-state index is 0.128. The van der Waals surface area contributed by atoms with E-state index in [-0.39, 0.29) is 17.2 Å². The van der Waals surface area contributed by atoms with Gasteiger partial charge in [0.2, 0.25) is 5.95 Å². The largest absolute Gasteiger partial charge is 0.478 e. The summed E-state index contributed by atoms with van der Waals surface area (Å²) in [5.74, 6) is -0.788. The summed E-state index contributed by atoms with van der Waals surface area (Å²) in [4.78, 5) is 19.2. The van der Waals surface area contributed by atoms with Crippen molar-refractivity contribution < 1.29 is 9.90 Å². The number of nitrogens with one attached hydrogen (secondary N) is 1. The summed E-state index contributed by atoms with van der Waals surface area (Å²) in [5.41, 5.74) is 1.55. The molecule has 0 aliphatic rings. The number of nitrogens with zero attached hydrogens (tertiary/aromatic N) is 3. The zero-order valence-corrected chi connectivity index (χ0v) is 12.0. The van der Waals surface area contributed by atoms with Crippen LogP contribution in [0.5, 0.6) is 0 Å². The Morgan fingerprint density at radius 1 is 1.40 bits per heavy atom. The minimum Gasteiger partial charge on any atom is -0.478 e. The first-order valence-electron chi connectivity index (χ1n) is 5.55. The van der Waals surface area contributed by atoms with E-state index in [1.807, 2.05) is 6.07 Å². The second-order valence-electron chi connectivity index (χ2n) is 3.95. The maximum Gasteiger partial charge on any atom is 0.336 e. The topological polar surface area (TPSA) is 98.9 Å². The standard InChI is InChI=1S/C13H9BrN4O2/c1-7-4-9(6-15)18-13(16-7)17-8-2-3-11(14)10(5-8)12(19)20/h2-5H,1H3,(H,19,20)(H,16,17,18). The third kappa shape index (κ3) is 3.10. The summed E-state index contributed by atoms with van der Waals surface area (Å²) in [6.07, 6.45) is 0. The Balaban J connectivity index is 2.35. The molecule has 0 aliphatic carbocycles. The van der Waals surface area contributed by atoms with E-state index in [2.05, 4.69) is 31.2 Å². The quantitative estimate of drug-likeness (QED) is 0.896. The third-order valence-corrected chi connectivity index (χ3v) is 3.11. The third-order valence-electron chi connectivity index (χ3n) is 2.42. The molecule has 0 spiro atoms. The second-order valence-corrected chi connectivity index (χ2v) is 4.81. The predicted octanol–water partition coefficient (Wildman–Crippen LogP) is 2.86. The van der Waals surface area contributed by atoms with Crippen LogP contribution in [0.3, 0.4) is 0 Å². The molecule has 6 nitrogen and oxygen atoms in total. The number of aromatic carboxylic acids is 1. The highest BCUT2D eigenvalue weighted by Gasteiger charge is 2.10. The van der Waals surface area contributed by atoms with Crippen LogP contribution in [0.1, 0.15) is 21.7 Å². The van der Waals surface area contributed by atoms with Gasteiger partial charge in [0.15, 0.2) is 0 Å². The molecule has 0 fully saturated rings. The molecular formula is C13H9BrN4O2. The Hall–Kier alpha value is -2.46. The van der Waals surface area contributed by atoms with Crippen molar-refractivity contribution in [3.05, 3.63) is 45.7 Å². The molecule has 100 valence electrons. The SMILES string of the molecule is Cc1cc(C#N)nc(Nc2ccc(Br)c(C(=O)O)c2)n1. The van der Waals surface area contributed by atoms with E-state index in [1.165, 1.54) is 6.07 Å². The molecule has 0 unspecified atom stereocenters. The summed E-state index contributed by atoms with van der Waals surface area (Å²) in [7, 11) is 0. The molecule has 1 aromatic carbocycles. The van der Waals surface area contributed by atoms with Gasteiger partial charge in [-0.25, -0.2) is 14.8 Å². The normalized spacial score (nSPS) is 9.85. The molecule has 0 saturated heterocycles. The monoisotopic (exact) mass is 332 g/mol. The van der Waals surface area contributed by atoms with E-state index < -0.39 is 5.97 Å². The summed E-state index contributed by atoms with van der Waals surface area (Å²) in [6, 6.07) is 8.27. The molecule has 0 amide bonds. The van der Waals surface area contributed by atoms with Crippen molar-refractivity contribution >= 4 is 33.5 Å². The lowest BCUT2D eigenvalue weighted by atomic mass is 10.2. The van der Waals surface area contributed by atoms with Crippen molar-refractivity contribution in [2.45, 2.75) is 6.92 Å². The number of carboxylic acid groups (broad SMARTS) is 1. The van der Waals surface area contributed by atoms with Gasteiger partial charge in [0.25, 0.3) is 0 Å². The van der Waals surface area contributed by atoms with E-state index in [0.29, 0.717) is 15.9 Å². The molecule has 1 aromatic heterocycles. The van der Waals surface area contributed by atoms with Crippen LogP contribution in [0, 0.1) is 18.3 Å². The molecule has 0 aliphatic heterocycles. The molecule has 1 heterocycles. The number of anilines is 2. The fourth-order valence-electron chi connectivity index (χ4n) is 1.58. The van der Waals surface area contributed by atoms with Crippen molar-refractivity contribution in [2.24, 2.45) is 0 Å². The van der Waals surface area contributed by atoms with E-state index in [0.717, 1.165) is 0 Å². The van der Waals surface area contributed by atoms with Crippen LogP contribution in [0.25, 0.3) is 0 Å². The van der Waals surface area contributed by atoms with Crippen LogP contribution in [-0.4, -0.2) is 21.0 Å². The zero-order chi connectivity index (χ0) is 14.7. The zero-order valence-electron chi connectivity index (χ0n) is 10.4. The number of nitriles is 1. The van der Waals surface area contributed by atoms with E-state index in [4.69, 9.17) is 10.4 Å². The van der Waals surface area contributed by atoms with Gasteiger partial charge >= 0.3 is 5.97 Å². The van der Waals surface area contributed by atoms with Crippen molar-refractivity contribution in [2.75, 3.05) is 5.32 Å². The van der Waals surface area contributed by atoms with Crippen molar-refractivity contribution in [3.63, 3.8) is 0 Å². The number of carboxylic acids is 1. The molecule has 0 bridgehead atoms. The highest BCUT2D eigenvalue weighted by atomic mass is 79.9. The fourth-order valence-corrected chi connectivity index (χ4v) is 1.99. The lowest BCUT2D eigenvalue weighted by Gasteiger charge is -2.07. The molecule has 2 N–H and O–H groups in total. The Kier molecular flexibility index (Phi) is 3.96. The summed E-state index contributed by atoms with van der Waals surface area (Å²) in [6.45, 7) is 1.75. The average Bonchev–Trinajstić information content (AvgIpc) is 2.40. The first-order chi connectivity index (χ1) is 9.49. The molecular weight excluding hydrogens is 324 g/mol. The number of hydrogen-bond acceptors (Lipinski definition) is 5. The lowest BCUT2D eigenvalue weighted by molar-refractivity contribution is 0.0696. The van der Waals surface area contributed by atoms with Gasteiger partial charge in [-0.15, -0.1) is 0 Å². The van der Waals surface area contributed by atoms with Gasteiger partial charge in [0, 0.05) is 15.9 Å². The molecule has 2 aromatic rings. The molecule has 20 heavy (non-hydrogen) atoms. The maximum atomic E-state index is 11.0. The maximum absolute atomic E-state index is 11.0. The molecule has 7 heteroatoms. The molecule has 2 rings (SSSR count). The van der Waals surface area contributed by atoms with Crippen LogP contribution >= 0.6 is 15.9 Å². The van der Waals surface area contributed by atoms with E-state index in [1.54, 1.807) is 25.1 Å². The number of aryl methyl sites for hydroxylation is 1. The Morgan fingerprint density at radius 2 is 2.15 bits per heavy atom. The van der Waals surface area contributed by atoms with Crippen LogP contribution in [0.4, 0.5) is 11.6 Å². The number of aromatic nitrogens is 2. The van der Waals surface area contributed by atoms with Crippen molar-refractivity contribution in [1.29, 1.82) is 5.26 Å². The van der Waals surface area contributed by atoms with Crippen LogP contribution in [0.15, 0.2) is 28.7 Å². The second kappa shape index (κ2) is 5.67. The highest BCUT2D eigenvalue weighted by molar-refractivity contribution is 9.10. The van der Waals surface area contributed by atoms with Gasteiger partial charge in [-0.2, -0.15) is 5.26 Å². The average molecular weight is 333 g/mol. The number of hydrogen-bond donors (Lipinski definition) is 2. The smallest absolute Gasteiger partial charge is 0.336 e. The highest BCUT2D eigenvalue weighted by Crippen LogP contribution is 2.22. The first-order valence-corrected chi connectivity index (χ1v) is 6.34. The van der Waals surface area contributed by atoms with E-state index in [9.17, 15) is 4.79 Å². The van der Waals surface area contributed by atoms with Crippen LogP contribution in [-0.2, 0) is 0 Å². The summed E-state index contributed by atoms with van der Waals surface area (Å²) in [5, 5.41) is 20.8. The molecule has 0 atom stereocenters. The molecule has 0 radical (unpaired) electrons. The number of halogens is 1. The predicted molar refractivity (Wildman–Crippen MR) is 75.9 cm³/mol. The van der Waals surface area contributed by atoms with Crippen molar-refractivity contribution in [3.8, 4) is 6.07 Å². The Bertz CT molecular complexity index is 725. The lowest BCUT2D eigenvalue weighted by Crippen LogP contribution is -2.03. The number of benzene rings is 1. The Morgan fingerprint density at radius 3 is 2.80 bits per heavy atom. The fraction of sp³-hybridized carbons (Fsp3) is 0.0769. The summed E-state index contributed by atoms with van der Waals surface area (Å²) >= 11 is 3.17. The van der Waals surface area contributed by atoms with Gasteiger partial charge in [0.05, 0.1) is 5.56 Å². The van der Waals surface area contributed by atoms with Crippen molar-refractivity contribution in [1.82, 2.24) is 9.97 Å². The van der Waals surface area contributed by atoms with Crippen LogP contribution < -0.4 is 5.32 Å².